The molecule has 14 heavy (non-hydrogen) atoms. The summed E-state index contributed by atoms with van der Waals surface area (Å²) >= 11 is 3.30. The standard InChI is InChI=1S/C8H12N2O2S2/c11-6-7(12)9-2-1-4-13-8-10-3-5-14-8/h3,5,11H,1-2,4,6H2,(H,9,12). The van der Waals surface area contributed by atoms with E-state index in [-0.39, 0.29) is 5.91 Å². The van der Waals surface area contributed by atoms with Crippen molar-refractivity contribution >= 4 is 29.0 Å². The summed E-state index contributed by atoms with van der Waals surface area (Å²) in [5, 5.41) is 12.9. The van der Waals surface area contributed by atoms with Gasteiger partial charge in [-0.15, -0.1) is 11.3 Å². The van der Waals surface area contributed by atoms with E-state index in [9.17, 15) is 4.79 Å². The Balaban J connectivity index is 1.97. The van der Waals surface area contributed by atoms with Gasteiger partial charge in [0.25, 0.3) is 0 Å². The zero-order valence-corrected chi connectivity index (χ0v) is 9.24. The first kappa shape index (κ1) is 11.5. The molecule has 1 aromatic rings. The number of amides is 1. The lowest BCUT2D eigenvalue weighted by atomic mass is 10.5. The number of hydrogen-bond acceptors (Lipinski definition) is 5. The van der Waals surface area contributed by atoms with Gasteiger partial charge in [0.2, 0.25) is 5.91 Å². The smallest absolute Gasteiger partial charge is 0.245 e. The van der Waals surface area contributed by atoms with Crippen LogP contribution in [0.2, 0.25) is 0 Å². The number of aliphatic hydroxyl groups excluding tert-OH is 1. The molecule has 1 heterocycles. The van der Waals surface area contributed by atoms with E-state index in [1.54, 1.807) is 29.3 Å². The summed E-state index contributed by atoms with van der Waals surface area (Å²) in [6, 6.07) is 0. The van der Waals surface area contributed by atoms with Crippen LogP contribution in [0.25, 0.3) is 0 Å². The normalized spacial score (nSPS) is 10.1. The molecule has 1 aromatic heterocycles. The summed E-state index contributed by atoms with van der Waals surface area (Å²) < 4.78 is 1.05. The molecule has 0 aliphatic rings. The molecule has 0 spiro atoms. The third-order valence-corrected chi connectivity index (χ3v) is 3.47. The molecule has 78 valence electrons. The molecule has 1 amide bonds. The quantitative estimate of drug-likeness (QED) is 0.561. The third-order valence-electron chi connectivity index (χ3n) is 1.42. The Labute approximate surface area is 90.7 Å². The van der Waals surface area contributed by atoms with Crippen LogP contribution in [0, 0.1) is 0 Å². The van der Waals surface area contributed by atoms with Gasteiger partial charge in [-0.2, -0.15) is 0 Å². The molecule has 0 fully saturated rings. The minimum Gasteiger partial charge on any atom is -0.387 e. The lowest BCUT2D eigenvalue weighted by Gasteiger charge is -2.01. The van der Waals surface area contributed by atoms with Crippen molar-refractivity contribution in [1.29, 1.82) is 0 Å². The van der Waals surface area contributed by atoms with Crippen molar-refractivity contribution in [3.8, 4) is 0 Å². The minimum absolute atomic E-state index is 0.316. The maximum atomic E-state index is 10.6. The maximum absolute atomic E-state index is 10.6. The van der Waals surface area contributed by atoms with E-state index in [0.717, 1.165) is 16.5 Å². The van der Waals surface area contributed by atoms with Crippen LogP contribution in [0.15, 0.2) is 15.9 Å². The number of aromatic nitrogens is 1. The van der Waals surface area contributed by atoms with Crippen LogP contribution in [0.4, 0.5) is 0 Å². The van der Waals surface area contributed by atoms with Gasteiger partial charge in [0.15, 0.2) is 0 Å². The lowest BCUT2D eigenvalue weighted by Crippen LogP contribution is -2.27. The van der Waals surface area contributed by atoms with Crippen molar-refractivity contribution in [3.05, 3.63) is 11.6 Å². The van der Waals surface area contributed by atoms with Gasteiger partial charge in [-0.1, -0.05) is 11.8 Å². The second-order valence-corrected chi connectivity index (χ2v) is 4.74. The highest BCUT2D eigenvalue weighted by atomic mass is 32.2. The molecule has 0 saturated carbocycles. The topological polar surface area (TPSA) is 62.2 Å². The summed E-state index contributed by atoms with van der Waals surface area (Å²) in [6.45, 7) is 0.178. The van der Waals surface area contributed by atoms with Crippen molar-refractivity contribution in [2.75, 3.05) is 18.9 Å². The van der Waals surface area contributed by atoms with Gasteiger partial charge in [-0.05, 0) is 6.42 Å². The van der Waals surface area contributed by atoms with Gasteiger partial charge >= 0.3 is 0 Å². The Kier molecular flexibility index (Phi) is 5.58. The van der Waals surface area contributed by atoms with Gasteiger partial charge < -0.3 is 10.4 Å². The van der Waals surface area contributed by atoms with Crippen molar-refractivity contribution in [1.82, 2.24) is 10.3 Å². The SMILES string of the molecule is O=C(CO)NCCCSc1nccs1. The molecule has 0 unspecified atom stereocenters. The van der Waals surface area contributed by atoms with Gasteiger partial charge in [-0.3, -0.25) is 4.79 Å². The number of carbonyl (C=O) groups excluding carboxylic acids is 1. The highest BCUT2D eigenvalue weighted by Crippen LogP contribution is 2.20. The Morgan fingerprint density at radius 2 is 2.57 bits per heavy atom. The van der Waals surface area contributed by atoms with E-state index < -0.39 is 6.61 Å². The third kappa shape index (κ3) is 4.59. The summed E-state index contributed by atoms with van der Waals surface area (Å²) in [7, 11) is 0. The number of hydrogen-bond donors (Lipinski definition) is 2. The van der Waals surface area contributed by atoms with Crippen LogP contribution in [-0.2, 0) is 4.79 Å². The summed E-state index contributed by atoms with van der Waals surface area (Å²) in [4.78, 5) is 14.7. The highest BCUT2D eigenvalue weighted by molar-refractivity contribution is 8.00. The van der Waals surface area contributed by atoms with Crippen molar-refractivity contribution < 1.29 is 9.90 Å². The van der Waals surface area contributed by atoms with Crippen molar-refractivity contribution in [2.45, 2.75) is 10.8 Å². The van der Waals surface area contributed by atoms with Gasteiger partial charge in [-0.25, -0.2) is 4.98 Å². The largest absolute Gasteiger partial charge is 0.387 e. The molecule has 0 saturated heterocycles. The second kappa shape index (κ2) is 6.80. The fraction of sp³-hybridized carbons (Fsp3) is 0.500. The van der Waals surface area contributed by atoms with Crippen LogP contribution < -0.4 is 5.32 Å². The van der Waals surface area contributed by atoms with E-state index in [4.69, 9.17) is 5.11 Å². The van der Waals surface area contributed by atoms with Gasteiger partial charge in [0, 0.05) is 23.9 Å². The molecule has 0 aromatic carbocycles. The van der Waals surface area contributed by atoms with E-state index in [1.807, 2.05) is 5.38 Å². The zero-order chi connectivity index (χ0) is 10.2. The van der Waals surface area contributed by atoms with E-state index in [0.29, 0.717) is 6.54 Å². The van der Waals surface area contributed by atoms with Crippen LogP contribution in [0.5, 0.6) is 0 Å². The lowest BCUT2D eigenvalue weighted by molar-refractivity contribution is -0.123. The molecule has 6 heteroatoms. The monoisotopic (exact) mass is 232 g/mol. The number of nitrogens with one attached hydrogen (secondary N) is 1. The number of carbonyl (C=O) groups is 1. The fourth-order valence-electron chi connectivity index (χ4n) is 0.797. The molecule has 0 radical (unpaired) electrons. The van der Waals surface area contributed by atoms with E-state index in [1.165, 1.54) is 0 Å². The Morgan fingerprint density at radius 3 is 3.21 bits per heavy atom. The summed E-state index contributed by atoms with van der Waals surface area (Å²) in [5.74, 6) is 0.614. The van der Waals surface area contributed by atoms with E-state index >= 15 is 0 Å². The molecule has 0 aliphatic carbocycles. The first-order valence-corrected chi connectivity index (χ1v) is 6.09. The van der Waals surface area contributed by atoms with Crippen LogP contribution in [0.1, 0.15) is 6.42 Å². The van der Waals surface area contributed by atoms with Crippen LogP contribution >= 0.6 is 23.1 Å². The summed E-state index contributed by atoms with van der Waals surface area (Å²) in [5.41, 5.74) is 0. The van der Waals surface area contributed by atoms with Crippen molar-refractivity contribution in [3.63, 3.8) is 0 Å². The number of nitrogens with zero attached hydrogens (tertiary/aromatic N) is 1. The molecular formula is C8H12N2O2S2. The maximum Gasteiger partial charge on any atom is 0.245 e. The molecule has 0 bridgehead atoms. The predicted octanol–water partition coefficient (Wildman–Crippen LogP) is 0.734. The Bertz CT molecular complexity index is 264. The second-order valence-electron chi connectivity index (χ2n) is 2.51. The molecule has 0 aliphatic heterocycles. The fourth-order valence-corrected chi connectivity index (χ4v) is 2.44. The Morgan fingerprint density at radius 1 is 1.71 bits per heavy atom. The minimum atomic E-state index is -0.431. The number of aliphatic hydroxyl groups is 1. The van der Waals surface area contributed by atoms with E-state index in [2.05, 4.69) is 10.3 Å². The van der Waals surface area contributed by atoms with Gasteiger partial charge in [0.05, 0.1) is 0 Å². The highest BCUT2D eigenvalue weighted by Gasteiger charge is 1.98. The first-order valence-electron chi connectivity index (χ1n) is 4.23. The number of rotatable bonds is 6. The van der Waals surface area contributed by atoms with Crippen molar-refractivity contribution in [2.24, 2.45) is 0 Å². The molecule has 4 nitrogen and oxygen atoms in total. The van der Waals surface area contributed by atoms with Gasteiger partial charge in [0.1, 0.15) is 10.9 Å². The first-order chi connectivity index (χ1) is 6.83. The molecule has 1 rings (SSSR count). The number of thioether (sulfide) groups is 1. The molecular weight excluding hydrogens is 220 g/mol. The Hall–Kier alpha value is -0.590. The predicted molar refractivity (Wildman–Crippen MR) is 57.6 cm³/mol. The average Bonchev–Trinajstić information content (AvgIpc) is 2.69. The molecule has 2 N–H and O–H groups in total. The summed E-state index contributed by atoms with van der Waals surface area (Å²) in [6.07, 6.45) is 2.66. The average molecular weight is 232 g/mol. The number of thiazole rings is 1. The zero-order valence-electron chi connectivity index (χ0n) is 7.60. The van der Waals surface area contributed by atoms with Crippen LogP contribution in [-0.4, -0.2) is 34.9 Å². The molecule has 0 atom stereocenters. The van der Waals surface area contributed by atoms with Crippen LogP contribution in [0.3, 0.4) is 0 Å².